The number of halogens is 1. The number of thioether (sulfide) groups is 1. The molecule has 0 aliphatic carbocycles. The van der Waals surface area contributed by atoms with E-state index in [0.717, 1.165) is 11.7 Å². The van der Waals surface area contributed by atoms with Gasteiger partial charge in [0.25, 0.3) is 0 Å². The fourth-order valence-electron chi connectivity index (χ4n) is 2.06. The lowest BCUT2D eigenvalue weighted by Crippen LogP contribution is -2.52. The van der Waals surface area contributed by atoms with E-state index >= 15 is 0 Å². The summed E-state index contributed by atoms with van der Waals surface area (Å²) < 4.78 is 7.60. The molecule has 0 radical (unpaired) electrons. The molecule has 2 aliphatic rings. The molecule has 0 aromatic carbocycles. The summed E-state index contributed by atoms with van der Waals surface area (Å²) in [5, 5.41) is 14.1. The molecular weight excluding hydrogens is 262 g/mol. The van der Waals surface area contributed by atoms with Crippen LogP contribution in [0.1, 0.15) is 13.3 Å². The number of aliphatic imine (C=N–C) groups is 1. The molecule has 4 unspecified atom stereocenters. The van der Waals surface area contributed by atoms with E-state index in [1.807, 2.05) is 6.92 Å². The van der Waals surface area contributed by atoms with Crippen molar-refractivity contribution in [2.75, 3.05) is 20.1 Å². The summed E-state index contributed by atoms with van der Waals surface area (Å²) in [6.07, 6.45) is 0.177. The summed E-state index contributed by atoms with van der Waals surface area (Å²) in [5.74, 6) is 0. The van der Waals surface area contributed by atoms with Crippen molar-refractivity contribution in [2.45, 2.75) is 37.0 Å². The number of rotatable bonds is 3. The second kappa shape index (κ2) is 5.75. The lowest BCUT2D eigenvalue weighted by atomic mass is 10.0. The van der Waals surface area contributed by atoms with Gasteiger partial charge in [-0.1, -0.05) is 18.7 Å². The Morgan fingerprint density at radius 2 is 2.47 bits per heavy atom. The zero-order valence-electron chi connectivity index (χ0n) is 9.97. The predicted octanol–water partition coefficient (Wildman–Crippen LogP) is 0.629. The summed E-state index contributed by atoms with van der Waals surface area (Å²) >= 11 is 7.50. The van der Waals surface area contributed by atoms with Crippen molar-refractivity contribution in [3.8, 4) is 0 Å². The first-order valence-electron chi connectivity index (χ1n) is 5.78. The van der Waals surface area contributed by atoms with Gasteiger partial charge in [-0.15, -0.1) is 0 Å². The van der Waals surface area contributed by atoms with Crippen LogP contribution in [0.15, 0.2) is 4.99 Å². The third-order valence-electron chi connectivity index (χ3n) is 3.00. The third kappa shape index (κ3) is 3.06. The number of hydrogen-bond donors (Lipinski definition) is 2. The highest BCUT2D eigenvalue weighted by Gasteiger charge is 2.43. The zero-order chi connectivity index (χ0) is 12.4. The normalized spacial score (nSPS) is 39.5. The summed E-state index contributed by atoms with van der Waals surface area (Å²) in [5.41, 5.74) is -0.0654. The van der Waals surface area contributed by atoms with Crippen molar-refractivity contribution in [1.82, 2.24) is 9.74 Å². The minimum Gasteiger partial charge on any atom is -0.391 e. The maximum absolute atomic E-state index is 10.1. The number of hydrogen-bond acceptors (Lipinski definition) is 5. The zero-order valence-corrected chi connectivity index (χ0v) is 11.5. The topological polar surface area (TPSA) is 57.1 Å². The van der Waals surface area contributed by atoms with Crippen LogP contribution in [0.2, 0.25) is 0 Å². The molecule has 0 saturated carbocycles. The molecule has 2 N–H and O–H groups in total. The maximum atomic E-state index is 10.1. The van der Waals surface area contributed by atoms with Crippen molar-refractivity contribution < 1.29 is 9.84 Å². The smallest absolute Gasteiger partial charge is 0.159 e. The van der Waals surface area contributed by atoms with E-state index < -0.39 is 6.10 Å². The molecule has 2 fully saturated rings. The Kier molecular flexibility index (Phi) is 4.54. The van der Waals surface area contributed by atoms with Crippen LogP contribution in [-0.4, -0.2) is 58.5 Å². The monoisotopic (exact) mass is 279 g/mol. The molecule has 0 amide bonds. The first kappa shape index (κ1) is 13.4. The number of ether oxygens (including phenoxy) is 1. The van der Waals surface area contributed by atoms with Crippen molar-refractivity contribution in [1.29, 1.82) is 0 Å². The molecule has 0 aromatic heterocycles. The fourth-order valence-corrected chi connectivity index (χ4v) is 3.36. The molecule has 0 bridgehead atoms. The first-order valence-corrected chi connectivity index (χ1v) is 7.00. The fraction of sp³-hybridized carbons (Fsp3) is 0.900. The van der Waals surface area contributed by atoms with Crippen LogP contribution in [0.25, 0.3) is 0 Å². The standard InChI is InChI=1S/C10H18ClN3O2S/c1-3-14(11)5-6-4-7(15)8-9(16-6)17-10(12-2)13-8/h6-9,15H,3-5H2,1-2H3,(H,12,13). The Bertz CT molecular complexity index is 305. The Labute approximate surface area is 111 Å². The molecule has 2 saturated heterocycles. The van der Waals surface area contributed by atoms with Gasteiger partial charge < -0.3 is 15.2 Å². The maximum Gasteiger partial charge on any atom is 0.159 e. The van der Waals surface area contributed by atoms with E-state index in [0.29, 0.717) is 13.0 Å². The number of aliphatic hydroxyl groups excluding tert-OH is 1. The molecule has 98 valence electrons. The van der Waals surface area contributed by atoms with Gasteiger partial charge in [0.05, 0.1) is 18.2 Å². The average molecular weight is 280 g/mol. The van der Waals surface area contributed by atoms with Gasteiger partial charge in [0.15, 0.2) is 5.17 Å². The van der Waals surface area contributed by atoms with Gasteiger partial charge in [0, 0.05) is 26.6 Å². The molecule has 2 heterocycles. The highest BCUT2D eigenvalue weighted by Crippen LogP contribution is 2.33. The SMILES string of the molecule is CCN(Cl)CC1CC(O)C2NC(=NC)SC2O1. The predicted molar refractivity (Wildman–Crippen MR) is 70.3 cm³/mol. The highest BCUT2D eigenvalue weighted by molar-refractivity contribution is 8.14. The van der Waals surface area contributed by atoms with E-state index in [-0.39, 0.29) is 17.6 Å². The van der Waals surface area contributed by atoms with Crippen LogP contribution in [0, 0.1) is 0 Å². The number of fused-ring (bicyclic) bond motifs is 1. The highest BCUT2D eigenvalue weighted by atomic mass is 35.5. The first-order chi connectivity index (χ1) is 8.13. The van der Waals surface area contributed by atoms with Crippen molar-refractivity contribution in [2.24, 2.45) is 4.99 Å². The van der Waals surface area contributed by atoms with Crippen LogP contribution in [0.3, 0.4) is 0 Å². The summed E-state index contributed by atoms with van der Waals surface area (Å²) in [6.45, 7) is 3.39. The van der Waals surface area contributed by atoms with Crippen LogP contribution >= 0.6 is 23.5 Å². The van der Waals surface area contributed by atoms with Gasteiger partial charge in [-0.3, -0.25) is 4.99 Å². The van der Waals surface area contributed by atoms with Gasteiger partial charge in [0.2, 0.25) is 0 Å². The van der Waals surface area contributed by atoms with E-state index in [1.165, 1.54) is 11.8 Å². The van der Waals surface area contributed by atoms with Crippen molar-refractivity contribution >= 4 is 28.7 Å². The van der Waals surface area contributed by atoms with Gasteiger partial charge in [-0.05, 0) is 11.8 Å². The van der Waals surface area contributed by atoms with Crippen LogP contribution in [-0.2, 0) is 4.74 Å². The number of aliphatic hydroxyl groups is 1. The third-order valence-corrected chi connectivity index (χ3v) is 4.54. The van der Waals surface area contributed by atoms with Crippen molar-refractivity contribution in [3.05, 3.63) is 0 Å². The molecular formula is C10H18ClN3O2S. The molecule has 0 aromatic rings. The van der Waals surface area contributed by atoms with Gasteiger partial charge in [-0.2, -0.15) is 0 Å². The molecule has 0 spiro atoms. The van der Waals surface area contributed by atoms with Gasteiger partial charge in [-0.25, -0.2) is 4.42 Å². The summed E-state index contributed by atoms with van der Waals surface area (Å²) in [7, 11) is 1.73. The Hall–Kier alpha value is -0.0100. The van der Waals surface area contributed by atoms with E-state index in [1.54, 1.807) is 11.5 Å². The number of nitrogens with one attached hydrogen (secondary N) is 1. The van der Waals surface area contributed by atoms with Crippen LogP contribution in [0.4, 0.5) is 0 Å². The van der Waals surface area contributed by atoms with E-state index in [2.05, 4.69) is 10.3 Å². The minimum atomic E-state index is -0.410. The average Bonchev–Trinajstić information content (AvgIpc) is 2.72. The quantitative estimate of drug-likeness (QED) is 0.742. The lowest BCUT2D eigenvalue weighted by molar-refractivity contribution is -0.0780. The Morgan fingerprint density at radius 1 is 1.71 bits per heavy atom. The van der Waals surface area contributed by atoms with Crippen LogP contribution < -0.4 is 5.32 Å². The molecule has 2 aliphatic heterocycles. The summed E-state index contributed by atoms with van der Waals surface area (Å²) in [4.78, 5) is 4.09. The Morgan fingerprint density at radius 3 is 3.12 bits per heavy atom. The van der Waals surface area contributed by atoms with Gasteiger partial charge >= 0.3 is 0 Å². The molecule has 17 heavy (non-hydrogen) atoms. The lowest BCUT2D eigenvalue weighted by Gasteiger charge is -2.35. The second-order valence-electron chi connectivity index (χ2n) is 4.21. The number of likely N-dealkylation sites (N-methyl/N-ethyl adjacent to an activating group) is 1. The molecule has 5 nitrogen and oxygen atoms in total. The minimum absolute atomic E-state index is 0.0193. The van der Waals surface area contributed by atoms with Gasteiger partial charge in [0.1, 0.15) is 5.44 Å². The van der Waals surface area contributed by atoms with E-state index in [9.17, 15) is 5.11 Å². The summed E-state index contributed by atoms with van der Waals surface area (Å²) in [6, 6.07) is -0.0552. The molecule has 4 atom stereocenters. The van der Waals surface area contributed by atoms with E-state index in [4.69, 9.17) is 16.5 Å². The molecule has 2 rings (SSSR count). The second-order valence-corrected chi connectivity index (χ2v) is 5.77. The van der Waals surface area contributed by atoms with Crippen molar-refractivity contribution in [3.63, 3.8) is 0 Å². The number of nitrogens with zero attached hydrogens (tertiary/aromatic N) is 2. The largest absolute Gasteiger partial charge is 0.391 e. The molecule has 7 heteroatoms. The number of amidine groups is 1. The Balaban J connectivity index is 1.95. The van der Waals surface area contributed by atoms with Crippen LogP contribution in [0.5, 0.6) is 0 Å².